The Labute approximate surface area is 179 Å². The van der Waals surface area contributed by atoms with Gasteiger partial charge in [0.05, 0.1) is 13.1 Å². The van der Waals surface area contributed by atoms with Crippen LogP contribution < -0.4 is 5.32 Å². The molecule has 1 spiro atoms. The molecule has 2 fully saturated rings. The quantitative estimate of drug-likeness (QED) is 0.765. The second kappa shape index (κ2) is 8.76. The van der Waals surface area contributed by atoms with E-state index in [2.05, 4.69) is 48.6 Å². The molecule has 0 unspecified atom stereocenters. The van der Waals surface area contributed by atoms with Gasteiger partial charge in [-0.2, -0.15) is 0 Å². The van der Waals surface area contributed by atoms with E-state index in [1.54, 1.807) is 19.0 Å². The summed E-state index contributed by atoms with van der Waals surface area (Å²) in [6, 6.07) is 10.6. The van der Waals surface area contributed by atoms with E-state index in [0.717, 1.165) is 25.7 Å². The highest BCUT2D eigenvalue weighted by Crippen LogP contribution is 2.52. The van der Waals surface area contributed by atoms with Crippen LogP contribution in [0.5, 0.6) is 0 Å². The first-order valence-corrected chi connectivity index (χ1v) is 10.7. The second-order valence-electron chi connectivity index (χ2n) is 9.14. The predicted octanol–water partition coefficient (Wildman–Crippen LogP) is 1.44. The SMILES string of the molecule is CNC(=O)CN(C)C(=O)CN1C[C@]2(CC[C@](c3ccccc3)(N(C)C)CC2)CC1=O. The number of amides is 3. The molecule has 2 aliphatic rings. The molecule has 0 radical (unpaired) electrons. The van der Waals surface area contributed by atoms with Crippen molar-refractivity contribution in [2.75, 3.05) is 47.8 Å². The first-order valence-electron chi connectivity index (χ1n) is 10.7. The van der Waals surface area contributed by atoms with E-state index < -0.39 is 0 Å². The predicted molar refractivity (Wildman–Crippen MR) is 116 cm³/mol. The Kier molecular flexibility index (Phi) is 6.50. The van der Waals surface area contributed by atoms with Gasteiger partial charge in [-0.15, -0.1) is 0 Å². The van der Waals surface area contributed by atoms with Crippen LogP contribution in [0, 0.1) is 5.41 Å². The third-order valence-corrected chi connectivity index (χ3v) is 7.12. The molecule has 1 saturated heterocycles. The van der Waals surface area contributed by atoms with Crippen LogP contribution in [0.15, 0.2) is 30.3 Å². The van der Waals surface area contributed by atoms with Crippen LogP contribution in [-0.2, 0) is 19.9 Å². The lowest BCUT2D eigenvalue weighted by Crippen LogP contribution is -2.48. The number of hydrogen-bond donors (Lipinski definition) is 1. The lowest BCUT2D eigenvalue weighted by molar-refractivity contribution is -0.139. The van der Waals surface area contributed by atoms with Gasteiger partial charge in [0, 0.05) is 32.6 Å². The van der Waals surface area contributed by atoms with Gasteiger partial charge < -0.3 is 15.1 Å². The van der Waals surface area contributed by atoms with Crippen LogP contribution in [-0.4, -0.2) is 80.2 Å². The monoisotopic (exact) mass is 414 g/mol. The van der Waals surface area contributed by atoms with Gasteiger partial charge in [-0.1, -0.05) is 30.3 Å². The normalized spacial score (nSPS) is 26.3. The van der Waals surface area contributed by atoms with Crippen LogP contribution in [0.1, 0.15) is 37.7 Å². The first kappa shape index (κ1) is 22.3. The van der Waals surface area contributed by atoms with Gasteiger partial charge in [0.25, 0.3) is 0 Å². The van der Waals surface area contributed by atoms with E-state index >= 15 is 0 Å². The molecule has 30 heavy (non-hydrogen) atoms. The topological polar surface area (TPSA) is 73.0 Å². The van der Waals surface area contributed by atoms with Crippen LogP contribution in [0.4, 0.5) is 0 Å². The summed E-state index contributed by atoms with van der Waals surface area (Å²) in [5.41, 5.74) is 1.27. The Morgan fingerprint density at radius 1 is 1.07 bits per heavy atom. The minimum Gasteiger partial charge on any atom is -0.358 e. The maximum absolute atomic E-state index is 12.7. The van der Waals surface area contributed by atoms with Gasteiger partial charge in [-0.3, -0.25) is 19.3 Å². The maximum atomic E-state index is 12.7. The molecule has 0 bridgehead atoms. The van der Waals surface area contributed by atoms with Crippen LogP contribution in [0.2, 0.25) is 0 Å². The van der Waals surface area contributed by atoms with Crippen LogP contribution in [0.3, 0.4) is 0 Å². The molecule has 3 amide bonds. The van der Waals surface area contributed by atoms with E-state index in [0.29, 0.717) is 13.0 Å². The van der Waals surface area contributed by atoms with Crippen molar-refractivity contribution in [2.24, 2.45) is 5.41 Å². The summed E-state index contributed by atoms with van der Waals surface area (Å²) in [7, 11) is 7.41. The smallest absolute Gasteiger partial charge is 0.242 e. The lowest BCUT2D eigenvalue weighted by atomic mass is 9.64. The third-order valence-electron chi connectivity index (χ3n) is 7.12. The molecule has 0 atom stereocenters. The average molecular weight is 415 g/mol. The van der Waals surface area contributed by atoms with Gasteiger partial charge in [0.15, 0.2) is 0 Å². The summed E-state index contributed by atoms with van der Waals surface area (Å²) in [5.74, 6) is -0.372. The zero-order valence-corrected chi connectivity index (χ0v) is 18.6. The number of likely N-dealkylation sites (N-methyl/N-ethyl adjacent to an activating group) is 2. The molecule has 164 valence electrons. The summed E-state index contributed by atoms with van der Waals surface area (Å²) >= 11 is 0. The molecule has 3 rings (SSSR count). The highest BCUT2D eigenvalue weighted by Gasteiger charge is 2.50. The summed E-state index contributed by atoms with van der Waals surface area (Å²) in [6.45, 7) is 0.681. The van der Waals surface area contributed by atoms with E-state index in [1.807, 2.05) is 6.07 Å². The molecular formula is C23H34N4O3. The Morgan fingerprint density at radius 2 is 1.70 bits per heavy atom. The minimum atomic E-state index is -0.219. The number of carbonyl (C=O) groups excluding carboxylic acids is 3. The number of hydrogen-bond acceptors (Lipinski definition) is 4. The summed E-state index contributed by atoms with van der Waals surface area (Å²) in [5, 5.41) is 2.51. The maximum Gasteiger partial charge on any atom is 0.242 e. The summed E-state index contributed by atoms with van der Waals surface area (Å²) in [4.78, 5) is 42.1. The van der Waals surface area contributed by atoms with Crippen LogP contribution >= 0.6 is 0 Å². The fourth-order valence-corrected chi connectivity index (χ4v) is 5.06. The average Bonchev–Trinajstić information content (AvgIpc) is 3.03. The molecule has 0 aromatic heterocycles. The standard InChI is InChI=1S/C23H34N4O3/c1-24-19(28)15-26(4)21(30)16-27-17-22(14-20(27)29)10-12-23(13-11-22,25(2)3)18-8-6-5-7-9-18/h5-9H,10-17H2,1-4H3,(H,24,28)/t22-,23-. The van der Waals surface area contributed by atoms with Crippen molar-refractivity contribution >= 4 is 17.7 Å². The number of nitrogens with one attached hydrogen (secondary N) is 1. The minimum absolute atomic E-state index is 0.00490. The molecule has 1 aromatic carbocycles. The van der Waals surface area contributed by atoms with Gasteiger partial charge in [-0.05, 0) is 50.8 Å². The molecule has 1 heterocycles. The van der Waals surface area contributed by atoms with Gasteiger partial charge in [-0.25, -0.2) is 0 Å². The molecule has 1 aliphatic heterocycles. The number of rotatable bonds is 6. The molecule has 1 aliphatic carbocycles. The first-order chi connectivity index (χ1) is 14.2. The molecule has 1 aromatic rings. The highest BCUT2D eigenvalue weighted by atomic mass is 16.2. The zero-order chi connectivity index (χ0) is 21.9. The van der Waals surface area contributed by atoms with Crippen molar-refractivity contribution in [2.45, 2.75) is 37.6 Å². The van der Waals surface area contributed by atoms with E-state index in [9.17, 15) is 14.4 Å². The Morgan fingerprint density at radius 3 is 2.27 bits per heavy atom. The van der Waals surface area contributed by atoms with Crippen molar-refractivity contribution in [1.82, 2.24) is 20.0 Å². The summed E-state index contributed by atoms with van der Waals surface area (Å²) < 4.78 is 0. The molecule has 1 N–H and O–H groups in total. The highest BCUT2D eigenvalue weighted by molar-refractivity contribution is 5.89. The second-order valence-corrected chi connectivity index (χ2v) is 9.14. The van der Waals surface area contributed by atoms with Gasteiger partial charge >= 0.3 is 0 Å². The fourth-order valence-electron chi connectivity index (χ4n) is 5.06. The molecule has 7 heteroatoms. The van der Waals surface area contributed by atoms with Gasteiger partial charge in [0.1, 0.15) is 0 Å². The van der Waals surface area contributed by atoms with Crippen molar-refractivity contribution in [1.29, 1.82) is 0 Å². The fraction of sp³-hybridized carbons (Fsp3) is 0.609. The number of carbonyl (C=O) groups is 3. The van der Waals surface area contributed by atoms with E-state index in [4.69, 9.17) is 0 Å². The molecule has 1 saturated carbocycles. The Bertz CT molecular complexity index is 785. The van der Waals surface area contributed by atoms with Gasteiger partial charge in [0.2, 0.25) is 17.7 Å². The number of nitrogens with zero attached hydrogens (tertiary/aromatic N) is 3. The van der Waals surface area contributed by atoms with Crippen molar-refractivity contribution < 1.29 is 14.4 Å². The van der Waals surface area contributed by atoms with Crippen molar-refractivity contribution in [3.8, 4) is 0 Å². The Balaban J connectivity index is 1.65. The van der Waals surface area contributed by atoms with E-state index in [-0.39, 0.29) is 41.8 Å². The van der Waals surface area contributed by atoms with Crippen LogP contribution in [0.25, 0.3) is 0 Å². The number of likely N-dealkylation sites (tertiary alicyclic amines) is 1. The van der Waals surface area contributed by atoms with Crippen molar-refractivity contribution in [3.63, 3.8) is 0 Å². The van der Waals surface area contributed by atoms with Crippen molar-refractivity contribution in [3.05, 3.63) is 35.9 Å². The molecular weight excluding hydrogens is 380 g/mol. The molecule has 7 nitrogen and oxygen atoms in total. The Hall–Kier alpha value is -2.41. The third kappa shape index (κ3) is 4.36. The summed E-state index contributed by atoms with van der Waals surface area (Å²) in [6.07, 6.45) is 4.43. The largest absolute Gasteiger partial charge is 0.358 e. The van der Waals surface area contributed by atoms with E-state index in [1.165, 1.54) is 10.5 Å². The number of benzene rings is 1. The lowest BCUT2D eigenvalue weighted by Gasteiger charge is -2.48. The zero-order valence-electron chi connectivity index (χ0n) is 18.6.